The van der Waals surface area contributed by atoms with Crippen LogP contribution in [0.1, 0.15) is 31.0 Å². The zero-order valence-corrected chi connectivity index (χ0v) is 16.9. The molecule has 1 saturated heterocycles. The van der Waals surface area contributed by atoms with Crippen molar-refractivity contribution in [3.8, 4) is 5.75 Å². The lowest BCUT2D eigenvalue weighted by Crippen LogP contribution is -2.39. The molecule has 0 spiro atoms. The molecular weight excluding hydrogens is 370 g/mol. The Morgan fingerprint density at radius 2 is 2.07 bits per heavy atom. The molecule has 4 rings (SSSR count). The molecule has 1 aliphatic rings. The van der Waals surface area contributed by atoms with Gasteiger partial charge in [-0.25, -0.2) is 4.98 Å². The number of hydrogen-bond acceptors (Lipinski definition) is 4. The van der Waals surface area contributed by atoms with Crippen LogP contribution in [0.3, 0.4) is 0 Å². The third kappa shape index (κ3) is 4.33. The number of carbonyl (C=O) groups excluding carboxylic acids is 1. The number of hydrogen-bond donors (Lipinski definition) is 1. The first-order valence-corrected chi connectivity index (χ1v) is 10.7. The molecule has 146 valence electrons. The molecule has 5 nitrogen and oxygen atoms in total. The van der Waals surface area contributed by atoms with Crippen LogP contribution in [0.15, 0.2) is 53.4 Å². The molecule has 1 aliphatic heterocycles. The maximum Gasteiger partial charge on any atom is 0.223 e. The number of rotatable bonds is 6. The summed E-state index contributed by atoms with van der Waals surface area (Å²) in [4.78, 5) is 24.0. The number of aromatic nitrogens is 2. The van der Waals surface area contributed by atoms with E-state index in [-0.39, 0.29) is 5.91 Å². The van der Waals surface area contributed by atoms with Gasteiger partial charge < -0.3 is 14.6 Å². The van der Waals surface area contributed by atoms with Crippen molar-refractivity contribution in [1.29, 1.82) is 0 Å². The number of ether oxygens (including phenoxy) is 1. The fraction of sp³-hybridized carbons (Fsp3) is 0.364. The van der Waals surface area contributed by atoms with Crippen LogP contribution < -0.4 is 4.74 Å². The summed E-state index contributed by atoms with van der Waals surface area (Å²) in [7, 11) is 1.66. The molecule has 0 bridgehead atoms. The summed E-state index contributed by atoms with van der Waals surface area (Å²) >= 11 is 1.71. The number of thioether (sulfide) groups is 1. The first-order chi connectivity index (χ1) is 13.7. The number of imidazole rings is 1. The molecule has 28 heavy (non-hydrogen) atoms. The molecule has 1 N–H and O–H groups in total. The lowest BCUT2D eigenvalue weighted by atomic mass is 9.97. The van der Waals surface area contributed by atoms with E-state index in [1.165, 1.54) is 0 Å². The van der Waals surface area contributed by atoms with Crippen molar-refractivity contribution < 1.29 is 9.53 Å². The Balaban J connectivity index is 1.31. The van der Waals surface area contributed by atoms with Crippen LogP contribution in [0.5, 0.6) is 5.75 Å². The van der Waals surface area contributed by atoms with E-state index in [0.717, 1.165) is 59.2 Å². The molecule has 0 saturated carbocycles. The number of aromatic amines is 1. The van der Waals surface area contributed by atoms with Gasteiger partial charge in [0.15, 0.2) is 0 Å². The number of nitrogens with one attached hydrogen (secondary N) is 1. The minimum atomic E-state index is 0.238. The summed E-state index contributed by atoms with van der Waals surface area (Å²) in [6, 6.07) is 16.1. The van der Waals surface area contributed by atoms with Gasteiger partial charge in [0.05, 0.1) is 18.1 Å². The second-order valence-corrected chi connectivity index (χ2v) is 8.26. The Labute approximate surface area is 169 Å². The van der Waals surface area contributed by atoms with Crippen molar-refractivity contribution in [3.63, 3.8) is 0 Å². The fourth-order valence-corrected chi connectivity index (χ4v) is 4.52. The third-order valence-corrected chi connectivity index (χ3v) is 6.23. The second-order valence-electron chi connectivity index (χ2n) is 7.09. The zero-order chi connectivity index (χ0) is 19.3. The van der Waals surface area contributed by atoms with Gasteiger partial charge in [0, 0.05) is 36.1 Å². The molecule has 1 aromatic heterocycles. The Kier molecular flexibility index (Phi) is 5.86. The second kappa shape index (κ2) is 8.69. The fourth-order valence-electron chi connectivity index (χ4n) is 3.68. The van der Waals surface area contributed by atoms with E-state index < -0.39 is 0 Å². The van der Waals surface area contributed by atoms with Gasteiger partial charge in [-0.2, -0.15) is 0 Å². The molecule has 0 aliphatic carbocycles. The predicted octanol–water partition coefficient (Wildman–Crippen LogP) is 4.46. The number of fused-ring (bicyclic) bond motifs is 1. The van der Waals surface area contributed by atoms with E-state index in [9.17, 15) is 4.79 Å². The smallest absolute Gasteiger partial charge is 0.223 e. The average Bonchev–Trinajstić information content (AvgIpc) is 3.19. The molecule has 2 heterocycles. The van der Waals surface area contributed by atoms with Crippen molar-refractivity contribution >= 4 is 28.7 Å². The van der Waals surface area contributed by atoms with Gasteiger partial charge in [-0.15, -0.1) is 11.8 Å². The normalized spacial score (nSPS) is 17.0. The van der Waals surface area contributed by atoms with E-state index in [4.69, 9.17) is 9.72 Å². The molecule has 3 aromatic rings. The number of piperidine rings is 1. The van der Waals surface area contributed by atoms with Gasteiger partial charge in [0.2, 0.25) is 5.91 Å². The Morgan fingerprint density at radius 3 is 2.86 bits per heavy atom. The van der Waals surface area contributed by atoms with Crippen LogP contribution >= 0.6 is 11.8 Å². The van der Waals surface area contributed by atoms with Gasteiger partial charge in [0.25, 0.3) is 0 Å². The monoisotopic (exact) mass is 395 g/mol. The summed E-state index contributed by atoms with van der Waals surface area (Å²) in [5, 5.41) is 0. The lowest BCUT2D eigenvalue weighted by molar-refractivity contribution is -0.131. The molecule has 1 atom stereocenters. The van der Waals surface area contributed by atoms with Crippen LogP contribution in [-0.4, -0.2) is 46.7 Å². The number of carbonyl (C=O) groups is 1. The highest BCUT2D eigenvalue weighted by Crippen LogP contribution is 2.28. The number of benzene rings is 2. The quantitative estimate of drug-likeness (QED) is 0.626. The van der Waals surface area contributed by atoms with E-state index in [1.807, 2.05) is 53.4 Å². The number of likely N-dealkylation sites (tertiary alicyclic amines) is 1. The molecule has 6 heteroatoms. The Bertz CT molecular complexity index is 905. The lowest BCUT2D eigenvalue weighted by Gasteiger charge is -2.32. The number of amides is 1. The largest absolute Gasteiger partial charge is 0.497 e. The highest BCUT2D eigenvalue weighted by Gasteiger charge is 2.26. The standard InChI is InChI=1S/C22H25N3O2S/c1-27-17-8-10-18(11-9-17)28-14-12-21(26)25-13-4-5-16(15-25)22-23-19-6-2-3-7-20(19)24-22/h2-3,6-11,16H,4-5,12-15H2,1H3,(H,23,24). The van der Waals surface area contributed by atoms with Crippen molar-refractivity contribution in [2.24, 2.45) is 0 Å². The van der Waals surface area contributed by atoms with Crippen LogP contribution in [0.2, 0.25) is 0 Å². The SMILES string of the molecule is COc1ccc(SCCC(=O)N2CCCC(c3nc4ccccc4[nH]3)C2)cc1. The zero-order valence-electron chi connectivity index (χ0n) is 16.1. The highest BCUT2D eigenvalue weighted by molar-refractivity contribution is 7.99. The topological polar surface area (TPSA) is 58.2 Å². The third-order valence-electron chi connectivity index (χ3n) is 5.21. The summed E-state index contributed by atoms with van der Waals surface area (Å²) in [6.45, 7) is 1.61. The van der Waals surface area contributed by atoms with Gasteiger partial charge >= 0.3 is 0 Å². The van der Waals surface area contributed by atoms with Crippen molar-refractivity contribution in [2.45, 2.75) is 30.1 Å². The average molecular weight is 396 g/mol. The summed E-state index contributed by atoms with van der Waals surface area (Å²) in [5.41, 5.74) is 2.06. The van der Waals surface area contributed by atoms with E-state index in [0.29, 0.717) is 12.3 Å². The van der Waals surface area contributed by atoms with Gasteiger partial charge in [-0.05, 0) is 49.2 Å². The van der Waals surface area contributed by atoms with E-state index in [2.05, 4.69) is 4.98 Å². The molecule has 0 radical (unpaired) electrons. The van der Waals surface area contributed by atoms with E-state index in [1.54, 1.807) is 18.9 Å². The van der Waals surface area contributed by atoms with Crippen LogP contribution in [0, 0.1) is 0 Å². The Morgan fingerprint density at radius 1 is 1.25 bits per heavy atom. The van der Waals surface area contributed by atoms with E-state index >= 15 is 0 Å². The van der Waals surface area contributed by atoms with Gasteiger partial charge in [-0.3, -0.25) is 4.79 Å². The highest BCUT2D eigenvalue weighted by atomic mass is 32.2. The molecule has 1 fully saturated rings. The minimum absolute atomic E-state index is 0.238. The number of nitrogens with zero attached hydrogens (tertiary/aromatic N) is 2. The molecule has 2 aromatic carbocycles. The van der Waals surface area contributed by atoms with Gasteiger partial charge in [-0.1, -0.05) is 12.1 Å². The minimum Gasteiger partial charge on any atom is -0.497 e. The predicted molar refractivity (Wildman–Crippen MR) is 113 cm³/mol. The van der Waals surface area contributed by atoms with Crippen molar-refractivity contribution in [3.05, 3.63) is 54.4 Å². The maximum absolute atomic E-state index is 12.7. The maximum atomic E-state index is 12.7. The van der Waals surface area contributed by atoms with Crippen LogP contribution in [0.4, 0.5) is 0 Å². The summed E-state index contributed by atoms with van der Waals surface area (Å²) < 4.78 is 5.18. The number of H-pyrrole nitrogens is 1. The van der Waals surface area contributed by atoms with Crippen LogP contribution in [0.25, 0.3) is 11.0 Å². The summed E-state index contributed by atoms with van der Waals surface area (Å²) in [5.74, 6) is 3.18. The first kappa shape index (κ1) is 18.9. The molecule has 1 unspecified atom stereocenters. The Hall–Kier alpha value is -2.47. The van der Waals surface area contributed by atoms with Gasteiger partial charge in [0.1, 0.15) is 11.6 Å². The number of methoxy groups -OCH3 is 1. The molecular formula is C22H25N3O2S. The molecule has 1 amide bonds. The van der Waals surface area contributed by atoms with Crippen molar-refractivity contribution in [2.75, 3.05) is 26.0 Å². The summed E-state index contributed by atoms with van der Waals surface area (Å²) in [6.07, 6.45) is 2.66. The number of para-hydroxylation sites is 2. The van der Waals surface area contributed by atoms with Crippen LogP contribution in [-0.2, 0) is 4.79 Å². The first-order valence-electron chi connectivity index (χ1n) is 9.72. The van der Waals surface area contributed by atoms with Crippen molar-refractivity contribution in [1.82, 2.24) is 14.9 Å².